The molecule has 1 aromatic heterocycles. The Balaban J connectivity index is 1.76. The lowest BCUT2D eigenvalue weighted by Crippen LogP contribution is -2.11. The molecule has 1 heterocycles. The number of amides is 1. The number of halogens is 1. The van der Waals surface area contributed by atoms with E-state index in [0.717, 1.165) is 21.5 Å². The molecule has 3 aromatic rings. The summed E-state index contributed by atoms with van der Waals surface area (Å²) < 4.78 is 0.863. The second-order valence-electron chi connectivity index (χ2n) is 5.64. The molecule has 3 rings (SSSR count). The van der Waals surface area contributed by atoms with Crippen LogP contribution in [0.25, 0.3) is 0 Å². The predicted octanol–water partition coefficient (Wildman–Crippen LogP) is 4.85. The number of nitrogens with zero attached hydrogens (tertiary/aromatic N) is 2. The minimum absolute atomic E-state index is 0.166. The van der Waals surface area contributed by atoms with Crippen LogP contribution in [0.4, 0.5) is 17.3 Å². The summed E-state index contributed by atoms with van der Waals surface area (Å²) in [5.41, 5.74) is 3.88. The summed E-state index contributed by atoms with van der Waals surface area (Å²) in [7, 11) is 0. The molecule has 0 aliphatic heterocycles. The number of rotatable bonds is 4. The first-order chi connectivity index (χ1) is 12.0. The van der Waals surface area contributed by atoms with Gasteiger partial charge in [0, 0.05) is 32.8 Å². The van der Waals surface area contributed by atoms with Gasteiger partial charge >= 0.3 is 0 Å². The second kappa shape index (κ2) is 7.44. The molecule has 2 N–H and O–H groups in total. The number of carbonyl (C=O) groups is 1. The minimum Gasteiger partial charge on any atom is -0.324 e. The van der Waals surface area contributed by atoms with Crippen molar-refractivity contribution >= 4 is 39.2 Å². The minimum atomic E-state index is -0.166. The van der Waals surface area contributed by atoms with Gasteiger partial charge in [-0.25, -0.2) is 9.97 Å². The van der Waals surface area contributed by atoms with E-state index in [4.69, 9.17) is 0 Å². The molecule has 0 saturated carbocycles. The van der Waals surface area contributed by atoms with E-state index >= 15 is 0 Å². The SMILES string of the molecule is Cc1cc(C)nc(Nc2cccc(NC(=O)c3cccc(Br)c3)c2)n1. The van der Waals surface area contributed by atoms with Crippen molar-refractivity contribution in [3.63, 3.8) is 0 Å². The van der Waals surface area contributed by atoms with Crippen molar-refractivity contribution in [1.29, 1.82) is 0 Å². The number of anilines is 3. The molecule has 2 aromatic carbocycles. The molecule has 0 spiro atoms. The standard InChI is InChI=1S/C19H17BrN4O/c1-12-9-13(2)22-19(21-12)24-17-8-4-7-16(11-17)23-18(25)14-5-3-6-15(20)10-14/h3-11H,1-2H3,(H,23,25)(H,21,22,24). The molecular formula is C19H17BrN4O. The van der Waals surface area contributed by atoms with Crippen LogP contribution in [0.5, 0.6) is 0 Å². The molecule has 0 aliphatic carbocycles. The van der Waals surface area contributed by atoms with Crippen LogP contribution in [0, 0.1) is 13.8 Å². The fraction of sp³-hybridized carbons (Fsp3) is 0.105. The lowest BCUT2D eigenvalue weighted by atomic mass is 10.2. The number of hydrogen-bond donors (Lipinski definition) is 2. The summed E-state index contributed by atoms with van der Waals surface area (Å²) in [5.74, 6) is 0.370. The van der Waals surface area contributed by atoms with Gasteiger partial charge in [0.1, 0.15) is 0 Å². The van der Waals surface area contributed by atoms with Crippen LogP contribution in [-0.2, 0) is 0 Å². The Morgan fingerprint density at radius 1 is 0.920 bits per heavy atom. The van der Waals surface area contributed by atoms with E-state index < -0.39 is 0 Å². The topological polar surface area (TPSA) is 66.9 Å². The van der Waals surface area contributed by atoms with E-state index in [1.807, 2.05) is 56.3 Å². The summed E-state index contributed by atoms with van der Waals surface area (Å²) >= 11 is 3.37. The van der Waals surface area contributed by atoms with Crippen LogP contribution in [0.15, 0.2) is 59.1 Å². The highest BCUT2D eigenvalue weighted by Gasteiger charge is 2.07. The Bertz CT molecular complexity index is 907. The van der Waals surface area contributed by atoms with E-state index in [9.17, 15) is 4.79 Å². The number of benzene rings is 2. The Kier molecular flexibility index (Phi) is 5.09. The van der Waals surface area contributed by atoms with Gasteiger partial charge in [-0.2, -0.15) is 0 Å². The fourth-order valence-electron chi connectivity index (χ4n) is 2.42. The third kappa shape index (κ3) is 4.64. The molecule has 0 atom stereocenters. The highest BCUT2D eigenvalue weighted by atomic mass is 79.9. The maximum Gasteiger partial charge on any atom is 0.255 e. The third-order valence-corrected chi connectivity index (χ3v) is 3.94. The molecule has 5 nitrogen and oxygen atoms in total. The van der Waals surface area contributed by atoms with Crippen molar-refractivity contribution in [3.8, 4) is 0 Å². The number of aromatic nitrogens is 2. The molecule has 0 saturated heterocycles. The first-order valence-corrected chi connectivity index (χ1v) is 8.55. The largest absolute Gasteiger partial charge is 0.324 e. The lowest BCUT2D eigenvalue weighted by Gasteiger charge is -2.10. The molecule has 0 bridgehead atoms. The molecule has 0 unspecified atom stereocenters. The lowest BCUT2D eigenvalue weighted by molar-refractivity contribution is 0.102. The molecule has 0 fully saturated rings. The first kappa shape index (κ1) is 17.1. The normalized spacial score (nSPS) is 10.4. The first-order valence-electron chi connectivity index (χ1n) is 7.76. The van der Waals surface area contributed by atoms with Crippen LogP contribution < -0.4 is 10.6 Å². The molecule has 25 heavy (non-hydrogen) atoms. The van der Waals surface area contributed by atoms with E-state index in [0.29, 0.717) is 17.2 Å². The van der Waals surface area contributed by atoms with Gasteiger partial charge in [-0.3, -0.25) is 4.79 Å². The quantitative estimate of drug-likeness (QED) is 0.661. The van der Waals surface area contributed by atoms with E-state index in [1.54, 1.807) is 12.1 Å². The molecule has 126 valence electrons. The summed E-state index contributed by atoms with van der Waals surface area (Å²) in [6.45, 7) is 3.85. The number of hydrogen-bond acceptors (Lipinski definition) is 4. The van der Waals surface area contributed by atoms with Crippen LogP contribution in [0.3, 0.4) is 0 Å². The monoisotopic (exact) mass is 396 g/mol. The highest BCUT2D eigenvalue weighted by molar-refractivity contribution is 9.10. The Hall–Kier alpha value is -2.73. The molecule has 6 heteroatoms. The second-order valence-corrected chi connectivity index (χ2v) is 6.56. The van der Waals surface area contributed by atoms with Gasteiger partial charge in [0.15, 0.2) is 0 Å². The van der Waals surface area contributed by atoms with Crippen LogP contribution in [-0.4, -0.2) is 15.9 Å². The zero-order chi connectivity index (χ0) is 17.8. The van der Waals surface area contributed by atoms with E-state index in [1.165, 1.54) is 0 Å². The van der Waals surface area contributed by atoms with E-state index in [-0.39, 0.29) is 5.91 Å². The van der Waals surface area contributed by atoms with Gasteiger partial charge in [0.2, 0.25) is 5.95 Å². The average molecular weight is 397 g/mol. The van der Waals surface area contributed by atoms with Crippen molar-refractivity contribution in [2.45, 2.75) is 13.8 Å². The third-order valence-electron chi connectivity index (χ3n) is 3.45. The van der Waals surface area contributed by atoms with Crippen LogP contribution in [0.2, 0.25) is 0 Å². The average Bonchev–Trinajstić information content (AvgIpc) is 2.54. The zero-order valence-corrected chi connectivity index (χ0v) is 15.5. The number of aryl methyl sites for hydroxylation is 2. The van der Waals surface area contributed by atoms with E-state index in [2.05, 4.69) is 36.5 Å². The maximum atomic E-state index is 12.3. The zero-order valence-electron chi connectivity index (χ0n) is 13.9. The Labute approximate surface area is 154 Å². The van der Waals surface area contributed by atoms with Gasteiger partial charge in [-0.15, -0.1) is 0 Å². The van der Waals surface area contributed by atoms with Crippen LogP contribution in [0.1, 0.15) is 21.7 Å². The summed E-state index contributed by atoms with van der Waals surface area (Å²) in [5, 5.41) is 6.06. The number of carbonyl (C=O) groups excluding carboxylic acids is 1. The van der Waals surface area contributed by atoms with Crippen molar-refractivity contribution < 1.29 is 4.79 Å². The highest BCUT2D eigenvalue weighted by Crippen LogP contribution is 2.20. The van der Waals surface area contributed by atoms with Crippen molar-refractivity contribution in [2.75, 3.05) is 10.6 Å². The van der Waals surface area contributed by atoms with Crippen LogP contribution >= 0.6 is 15.9 Å². The molecule has 0 aliphatic rings. The fourth-order valence-corrected chi connectivity index (χ4v) is 2.82. The molecular weight excluding hydrogens is 380 g/mol. The van der Waals surface area contributed by atoms with Crippen molar-refractivity contribution in [3.05, 3.63) is 76.0 Å². The molecule has 0 radical (unpaired) electrons. The Morgan fingerprint density at radius 2 is 1.60 bits per heavy atom. The van der Waals surface area contributed by atoms with Gasteiger partial charge in [0.05, 0.1) is 0 Å². The Morgan fingerprint density at radius 3 is 2.32 bits per heavy atom. The predicted molar refractivity (Wildman–Crippen MR) is 103 cm³/mol. The molecule has 1 amide bonds. The maximum absolute atomic E-state index is 12.3. The number of nitrogens with one attached hydrogen (secondary N) is 2. The van der Waals surface area contributed by atoms with Gasteiger partial charge in [0.25, 0.3) is 5.91 Å². The smallest absolute Gasteiger partial charge is 0.255 e. The van der Waals surface area contributed by atoms with Gasteiger partial charge in [-0.05, 0) is 56.3 Å². The summed E-state index contributed by atoms with van der Waals surface area (Å²) in [6, 6.07) is 16.6. The van der Waals surface area contributed by atoms with Crippen molar-refractivity contribution in [1.82, 2.24) is 9.97 Å². The summed E-state index contributed by atoms with van der Waals surface area (Å²) in [6.07, 6.45) is 0. The van der Waals surface area contributed by atoms with Gasteiger partial charge in [-0.1, -0.05) is 28.1 Å². The summed E-state index contributed by atoms with van der Waals surface area (Å²) in [4.78, 5) is 21.1. The van der Waals surface area contributed by atoms with Crippen molar-refractivity contribution in [2.24, 2.45) is 0 Å². The van der Waals surface area contributed by atoms with Gasteiger partial charge < -0.3 is 10.6 Å².